The molecular formula is C29H32Cl2N2O7. The number of nitrogens with zero attached hydrogens (tertiary/aromatic N) is 2. The maximum Gasteiger partial charge on any atom is 0.253 e. The van der Waals surface area contributed by atoms with Gasteiger partial charge >= 0.3 is 0 Å². The lowest BCUT2D eigenvalue weighted by Crippen LogP contribution is -2.60. The van der Waals surface area contributed by atoms with Crippen LogP contribution < -0.4 is 9.47 Å². The van der Waals surface area contributed by atoms with Crippen molar-refractivity contribution in [3.63, 3.8) is 0 Å². The highest BCUT2D eigenvalue weighted by Gasteiger charge is 2.76. The number of benzene rings is 1. The molecule has 0 radical (unpaired) electrons. The molecule has 9 nitrogen and oxygen atoms in total. The molecule has 2 aliphatic heterocycles. The van der Waals surface area contributed by atoms with Crippen molar-refractivity contribution in [2.75, 3.05) is 21.3 Å². The average molecular weight is 591 g/mol. The lowest BCUT2D eigenvalue weighted by atomic mass is 9.56. The molecule has 1 aromatic rings. The van der Waals surface area contributed by atoms with E-state index < -0.39 is 45.2 Å². The van der Waals surface area contributed by atoms with Gasteiger partial charge in [-0.05, 0) is 31.6 Å². The molecule has 214 valence electrons. The number of carbonyl (C=O) groups is 4. The number of alkyl halides is 2. The minimum atomic E-state index is -2.01. The van der Waals surface area contributed by atoms with E-state index in [0.29, 0.717) is 11.3 Å². The minimum Gasteiger partial charge on any atom is -0.507 e. The number of ether oxygens (including phenoxy) is 2. The summed E-state index contributed by atoms with van der Waals surface area (Å²) in [6, 6.07) is 2.80. The zero-order valence-electron chi connectivity index (χ0n) is 22.6. The first kappa shape index (κ1) is 27.4. The fourth-order valence-corrected chi connectivity index (χ4v) is 8.95. The summed E-state index contributed by atoms with van der Waals surface area (Å²) in [7, 11) is 4.18. The van der Waals surface area contributed by atoms with E-state index in [1.165, 1.54) is 32.2 Å². The van der Waals surface area contributed by atoms with E-state index in [1.54, 1.807) is 6.07 Å². The molecule has 0 spiro atoms. The van der Waals surface area contributed by atoms with Crippen LogP contribution in [0.5, 0.6) is 17.2 Å². The van der Waals surface area contributed by atoms with E-state index in [2.05, 4.69) is 0 Å². The van der Waals surface area contributed by atoms with Crippen LogP contribution in [0.3, 0.4) is 0 Å². The number of amides is 4. The Morgan fingerprint density at radius 2 is 1.65 bits per heavy atom. The number of carbonyl (C=O) groups excluding carboxylic acids is 4. The van der Waals surface area contributed by atoms with Gasteiger partial charge in [-0.3, -0.25) is 29.0 Å². The molecule has 6 atom stereocenters. The molecule has 40 heavy (non-hydrogen) atoms. The lowest BCUT2D eigenvalue weighted by molar-refractivity contribution is -0.144. The second-order valence-corrected chi connectivity index (χ2v) is 12.8. The molecular weight excluding hydrogens is 559 g/mol. The molecule has 6 rings (SSSR count). The van der Waals surface area contributed by atoms with Crippen molar-refractivity contribution in [3.05, 3.63) is 29.3 Å². The van der Waals surface area contributed by atoms with Crippen LogP contribution in [0.25, 0.3) is 0 Å². The Kier molecular flexibility index (Phi) is 6.42. The first-order valence-corrected chi connectivity index (χ1v) is 14.5. The summed E-state index contributed by atoms with van der Waals surface area (Å²) in [5.41, 5.74) is 0.782. The van der Waals surface area contributed by atoms with Gasteiger partial charge in [0.15, 0.2) is 9.75 Å². The van der Waals surface area contributed by atoms with Crippen molar-refractivity contribution in [1.82, 2.24) is 9.80 Å². The van der Waals surface area contributed by atoms with Crippen molar-refractivity contribution < 1.29 is 33.8 Å². The van der Waals surface area contributed by atoms with Gasteiger partial charge in [-0.25, -0.2) is 0 Å². The number of phenolic OH excluding ortho intramolecular Hbond substituents is 1. The van der Waals surface area contributed by atoms with E-state index in [4.69, 9.17) is 32.7 Å². The van der Waals surface area contributed by atoms with Crippen molar-refractivity contribution in [3.8, 4) is 17.2 Å². The van der Waals surface area contributed by atoms with Crippen molar-refractivity contribution in [2.24, 2.45) is 17.8 Å². The van der Waals surface area contributed by atoms with E-state index in [0.717, 1.165) is 37.0 Å². The molecule has 4 fully saturated rings. The molecule has 3 aliphatic carbocycles. The molecule has 2 heterocycles. The zero-order valence-corrected chi connectivity index (χ0v) is 24.1. The molecule has 1 N–H and O–H groups in total. The standard InChI is InChI=1S/C29H32Cl2N2O7/c1-32-26(37)28(30)13-18-16(9-10-17-21(18)25(36)33(24(17)35)14-7-5-4-6-8-14)23(29(28,31)27(32)38)22-19(34)11-15(39-2)12-20(22)40-3/h9,11-12,14,17-18,21,23,34H,4-8,10,13H2,1-3H3/t17-,18+,21-,23+,28+,29-/m0/s1. The highest BCUT2D eigenvalue weighted by Crippen LogP contribution is 2.67. The van der Waals surface area contributed by atoms with Gasteiger partial charge in [0.1, 0.15) is 17.2 Å². The first-order valence-electron chi connectivity index (χ1n) is 13.7. The number of fused-ring (bicyclic) bond motifs is 4. The van der Waals surface area contributed by atoms with Crippen LogP contribution in [0.15, 0.2) is 23.8 Å². The molecule has 0 bridgehead atoms. The maximum absolute atomic E-state index is 14.1. The molecule has 0 aromatic heterocycles. The number of aromatic hydroxyl groups is 1. The molecule has 2 saturated carbocycles. The quantitative estimate of drug-likeness (QED) is 0.323. The predicted octanol–water partition coefficient (Wildman–Crippen LogP) is 3.73. The minimum absolute atomic E-state index is 0.0901. The summed E-state index contributed by atoms with van der Waals surface area (Å²) >= 11 is 14.4. The summed E-state index contributed by atoms with van der Waals surface area (Å²) in [6.45, 7) is 0. The average Bonchev–Trinajstić information content (AvgIpc) is 3.28. The predicted molar refractivity (Wildman–Crippen MR) is 145 cm³/mol. The van der Waals surface area contributed by atoms with Crippen LogP contribution in [0.4, 0.5) is 0 Å². The van der Waals surface area contributed by atoms with E-state index in [-0.39, 0.29) is 47.8 Å². The molecule has 2 saturated heterocycles. The number of allylic oxidation sites excluding steroid dienone is 2. The number of methoxy groups -OCH3 is 2. The Hall–Kier alpha value is -2.78. The highest BCUT2D eigenvalue weighted by atomic mass is 35.5. The molecule has 0 unspecified atom stereocenters. The Morgan fingerprint density at radius 3 is 2.30 bits per heavy atom. The molecule has 4 amide bonds. The number of phenols is 1. The molecule has 11 heteroatoms. The zero-order chi connectivity index (χ0) is 28.7. The van der Waals surface area contributed by atoms with Crippen LogP contribution >= 0.6 is 23.2 Å². The van der Waals surface area contributed by atoms with E-state index in [9.17, 15) is 24.3 Å². The van der Waals surface area contributed by atoms with Crippen molar-refractivity contribution >= 4 is 46.8 Å². The number of likely N-dealkylation sites (tertiary alicyclic amines) is 2. The lowest BCUT2D eigenvalue weighted by Gasteiger charge is -2.51. The van der Waals surface area contributed by atoms with Crippen LogP contribution in [-0.2, 0) is 19.2 Å². The number of hydrogen-bond acceptors (Lipinski definition) is 7. The number of hydrogen-bond donors (Lipinski definition) is 1. The summed E-state index contributed by atoms with van der Waals surface area (Å²) in [5.74, 6) is -4.64. The Balaban J connectivity index is 1.54. The van der Waals surface area contributed by atoms with Gasteiger partial charge in [0.25, 0.3) is 11.8 Å². The Morgan fingerprint density at radius 1 is 0.950 bits per heavy atom. The summed E-state index contributed by atoms with van der Waals surface area (Å²) in [5, 5.41) is 11.3. The van der Waals surface area contributed by atoms with Crippen LogP contribution in [0, 0.1) is 17.8 Å². The highest BCUT2D eigenvalue weighted by molar-refractivity contribution is 6.53. The van der Waals surface area contributed by atoms with E-state index in [1.807, 2.05) is 6.08 Å². The maximum atomic E-state index is 14.1. The van der Waals surface area contributed by atoms with E-state index >= 15 is 0 Å². The van der Waals surface area contributed by atoms with Gasteiger partial charge in [0, 0.05) is 36.7 Å². The van der Waals surface area contributed by atoms with Crippen molar-refractivity contribution in [2.45, 2.75) is 66.7 Å². The van der Waals surface area contributed by atoms with Gasteiger partial charge in [-0.15, -0.1) is 23.2 Å². The number of halogens is 2. The summed E-state index contributed by atoms with van der Waals surface area (Å²) in [6.07, 6.45) is 6.61. The largest absolute Gasteiger partial charge is 0.507 e. The fraction of sp³-hybridized carbons (Fsp3) is 0.586. The smallest absolute Gasteiger partial charge is 0.253 e. The molecule has 1 aromatic carbocycles. The third-order valence-corrected chi connectivity index (χ3v) is 11.2. The van der Waals surface area contributed by atoms with Crippen LogP contribution in [-0.4, -0.2) is 75.6 Å². The Labute approximate surface area is 242 Å². The topological polar surface area (TPSA) is 113 Å². The monoisotopic (exact) mass is 590 g/mol. The number of rotatable bonds is 4. The Bertz CT molecular complexity index is 1360. The normalized spacial score (nSPS) is 35.9. The third kappa shape index (κ3) is 3.39. The van der Waals surface area contributed by atoms with Gasteiger partial charge in [-0.2, -0.15) is 0 Å². The summed E-state index contributed by atoms with van der Waals surface area (Å²) < 4.78 is 10.9. The number of imide groups is 2. The second kappa shape index (κ2) is 9.38. The van der Waals surface area contributed by atoms with Crippen LogP contribution in [0.2, 0.25) is 0 Å². The molecule has 5 aliphatic rings. The SMILES string of the molecule is COc1cc(O)c([C@H]2C3=CC[C@@H]4C(=O)N(C5CCCCC5)C(=O)[C@@H]4[C@@H]3C[C@@]3(Cl)C(=O)N(C)C(=O)[C@@]23Cl)c(OC)c1. The third-order valence-electron chi connectivity index (χ3n) is 9.83. The van der Waals surface area contributed by atoms with Gasteiger partial charge in [-0.1, -0.05) is 30.9 Å². The summed E-state index contributed by atoms with van der Waals surface area (Å²) in [4.78, 5) is 53.5. The van der Waals surface area contributed by atoms with Crippen molar-refractivity contribution in [1.29, 1.82) is 0 Å². The fourth-order valence-electron chi connectivity index (χ4n) is 7.95. The van der Waals surface area contributed by atoms with Crippen LogP contribution in [0.1, 0.15) is 56.4 Å². The van der Waals surface area contributed by atoms with Gasteiger partial charge < -0.3 is 14.6 Å². The van der Waals surface area contributed by atoms with Gasteiger partial charge in [0.2, 0.25) is 11.8 Å². The second-order valence-electron chi connectivity index (χ2n) is 11.6. The first-order chi connectivity index (χ1) is 19.0. The van der Waals surface area contributed by atoms with Gasteiger partial charge in [0.05, 0.1) is 26.1 Å².